The predicted molar refractivity (Wildman–Crippen MR) is 158 cm³/mol. The maximum Gasteiger partial charge on any atom is 0.432 e. The number of benzene rings is 1. The monoisotopic (exact) mass is 586 g/mol. The summed E-state index contributed by atoms with van der Waals surface area (Å²) in [5.41, 5.74) is 1.03. The van der Waals surface area contributed by atoms with E-state index in [1.54, 1.807) is 21.3 Å². The molecule has 6 nitrogen and oxygen atoms in total. The van der Waals surface area contributed by atoms with Crippen molar-refractivity contribution < 1.29 is 27.5 Å². The Morgan fingerprint density at radius 2 is 1.47 bits per heavy atom. The molecule has 1 unspecified atom stereocenters. The topological polar surface area (TPSA) is 55.4 Å². The van der Waals surface area contributed by atoms with Crippen LogP contribution in [0.5, 0.6) is 17.2 Å². The summed E-state index contributed by atoms with van der Waals surface area (Å²) in [5.74, 6) is 2.10. The van der Waals surface area contributed by atoms with E-state index in [0.29, 0.717) is 5.75 Å². The van der Waals surface area contributed by atoms with Crippen LogP contribution in [0.25, 0.3) is 0 Å². The molecule has 0 aliphatic heterocycles. The molecule has 1 rings (SSSR count). The first-order chi connectivity index (χ1) is 15.0. The van der Waals surface area contributed by atoms with Gasteiger partial charge in [0.15, 0.2) is 18.1 Å². The van der Waals surface area contributed by atoms with Crippen LogP contribution < -0.4 is 14.2 Å². The normalized spacial score (nSPS) is 16.5. The Balaban J connectivity index is 3.73. The van der Waals surface area contributed by atoms with Crippen molar-refractivity contribution in [3.63, 3.8) is 0 Å². The van der Waals surface area contributed by atoms with Crippen LogP contribution >= 0.6 is 0 Å². The summed E-state index contributed by atoms with van der Waals surface area (Å²) < 4.78 is 35.0. The molecule has 0 fully saturated rings. The van der Waals surface area contributed by atoms with Gasteiger partial charge in [-0.15, -0.1) is 0 Å². The van der Waals surface area contributed by atoms with Gasteiger partial charge in [-0.2, -0.15) is 0 Å². The lowest BCUT2D eigenvalue weighted by Crippen LogP contribution is -2.88. The Labute approximate surface area is 210 Å². The zero-order valence-corrected chi connectivity index (χ0v) is 34.5. The van der Waals surface area contributed by atoms with Gasteiger partial charge >= 0.3 is 8.80 Å². The fraction of sp³-hybridized carbons (Fsp3) is 0.294. The molecule has 1 aromatic rings. The molecule has 1 atom stereocenters. The molecule has 0 radical (unpaired) electrons. The first-order valence-corrected chi connectivity index (χ1v) is 38.5. The van der Waals surface area contributed by atoms with Crippen LogP contribution in [0.3, 0.4) is 0 Å². The number of hydrogen-bond acceptors (Lipinski definition) is 6. The van der Waals surface area contributed by atoms with Gasteiger partial charge in [0.05, 0.1) is 39.6 Å². The highest BCUT2D eigenvalue weighted by atomic mass is 30.4. The molecule has 15 heteroatoms. The van der Waals surface area contributed by atoms with Gasteiger partial charge in [-0.3, -0.25) is 0 Å². The minimum absolute atomic E-state index is 0.647. The molecule has 174 valence electrons. The zero-order chi connectivity index (χ0) is 24.6. The van der Waals surface area contributed by atoms with Crippen molar-refractivity contribution >= 4 is 77.2 Å². The van der Waals surface area contributed by atoms with Crippen molar-refractivity contribution in [3.05, 3.63) is 17.7 Å². The average molecular weight is 587 g/mol. The van der Waals surface area contributed by atoms with E-state index in [1.165, 1.54) is 29.3 Å². The SMILES string of the molecule is C#CO[SiH](OC#C)[Si](CCc1cc(OC)cc(OC)c1OC)([Si]([SiH3])([SiH3])[SiH3])[Si]([SiH3])([SiH3])OC#C. The smallest absolute Gasteiger partial charge is 0.432 e. The minimum Gasteiger partial charge on any atom is -0.514 e. The number of rotatable bonds is 12. The average Bonchev–Trinajstić information content (AvgIpc) is 2.72. The lowest BCUT2D eigenvalue weighted by Gasteiger charge is -2.50. The highest BCUT2D eigenvalue weighted by molar-refractivity contribution is 8.11. The first-order valence-electron chi connectivity index (χ1n) is 10.1. The van der Waals surface area contributed by atoms with Crippen LogP contribution in [-0.4, -0.2) is 98.6 Å². The highest BCUT2D eigenvalue weighted by Gasteiger charge is 2.67. The summed E-state index contributed by atoms with van der Waals surface area (Å²) in [5, 5.41) is 0. The fourth-order valence-electron chi connectivity index (χ4n) is 4.57. The molecule has 0 saturated carbocycles. The second-order valence-electron chi connectivity index (χ2n) is 8.78. The van der Waals surface area contributed by atoms with E-state index in [4.69, 9.17) is 46.8 Å². The summed E-state index contributed by atoms with van der Waals surface area (Å²) in [4.78, 5) is 0. The van der Waals surface area contributed by atoms with Crippen LogP contribution in [0, 0.1) is 37.6 Å². The van der Waals surface area contributed by atoms with Gasteiger partial charge in [0.1, 0.15) is 5.75 Å². The van der Waals surface area contributed by atoms with Crippen LogP contribution in [0.4, 0.5) is 0 Å². The number of ether oxygens (including phenoxy) is 3. The van der Waals surface area contributed by atoms with E-state index in [9.17, 15) is 0 Å². The molecule has 0 bridgehead atoms. The van der Waals surface area contributed by atoms with Crippen LogP contribution in [0.1, 0.15) is 5.56 Å². The molecule has 0 aliphatic rings. The Morgan fingerprint density at radius 3 is 1.88 bits per heavy atom. The summed E-state index contributed by atoms with van der Waals surface area (Å²) >= 11 is 0. The number of terminal acetylenes is 3. The summed E-state index contributed by atoms with van der Waals surface area (Å²) in [6.45, 7) is -4.31. The van der Waals surface area contributed by atoms with Crippen molar-refractivity contribution in [1.82, 2.24) is 0 Å². The summed E-state index contributed by atoms with van der Waals surface area (Å²) in [6.07, 6.45) is 23.7. The van der Waals surface area contributed by atoms with Gasteiger partial charge in [0, 0.05) is 37.3 Å². The number of methoxy groups -OCH3 is 3. The third-order valence-electron chi connectivity index (χ3n) is 6.03. The molecule has 1 aromatic carbocycles. The van der Waals surface area contributed by atoms with E-state index in [0.717, 1.165) is 49.0 Å². The van der Waals surface area contributed by atoms with Crippen molar-refractivity contribution in [2.75, 3.05) is 21.3 Å². The van der Waals surface area contributed by atoms with E-state index in [-0.39, 0.29) is 0 Å². The summed E-state index contributed by atoms with van der Waals surface area (Å²) in [6, 6.07) is 4.81. The minimum atomic E-state index is -2.33. The highest BCUT2D eigenvalue weighted by Crippen LogP contribution is 2.38. The number of hydrogen-bond donors (Lipinski definition) is 0. The standard InChI is InChI=1S/C17H34O6Si9/c1-7-21-29(22-8-2)30(32(26,27)28,31(24,25)23-9-3)11-10-14-12-15(18-4)13-16(19-5)17(14)20-6/h1-3,12-13,29H,10-11H2,4-6,24-28H3. The van der Waals surface area contributed by atoms with Crippen LogP contribution in [0.2, 0.25) is 6.04 Å². The molecule has 32 heavy (non-hydrogen) atoms. The van der Waals surface area contributed by atoms with Crippen LogP contribution in [0.15, 0.2) is 12.1 Å². The Bertz CT molecular complexity index is 899. The fourth-order valence-corrected chi connectivity index (χ4v) is 273. The molecule has 0 aliphatic carbocycles. The Morgan fingerprint density at radius 1 is 0.875 bits per heavy atom. The molecule has 0 spiro atoms. The van der Waals surface area contributed by atoms with Crippen molar-refractivity contribution in [2.45, 2.75) is 12.5 Å². The maximum absolute atomic E-state index is 6.24. The molecular weight excluding hydrogens is 553 g/mol. The van der Waals surface area contributed by atoms with E-state index in [2.05, 4.69) is 18.3 Å². The third-order valence-corrected chi connectivity index (χ3v) is 155. The largest absolute Gasteiger partial charge is 0.514 e. The molecule has 0 saturated heterocycles. The molecular formula is C17H34O6Si9. The van der Waals surface area contributed by atoms with Gasteiger partial charge in [0.25, 0.3) is 0 Å². The van der Waals surface area contributed by atoms with Crippen molar-refractivity contribution in [2.24, 2.45) is 0 Å². The Hall–Kier alpha value is -1.35. The van der Waals surface area contributed by atoms with Gasteiger partial charge < -0.3 is 27.5 Å². The second-order valence-corrected chi connectivity index (χ2v) is 116. The molecule has 0 N–H and O–H groups in total. The summed E-state index contributed by atoms with van der Waals surface area (Å²) in [7, 11) is 7.99. The third kappa shape index (κ3) is 5.96. The van der Waals surface area contributed by atoms with Gasteiger partial charge in [0.2, 0.25) is 6.87 Å². The van der Waals surface area contributed by atoms with Crippen LogP contribution in [-0.2, 0) is 19.7 Å². The molecule has 0 heterocycles. The van der Waals surface area contributed by atoms with E-state index in [1.807, 2.05) is 12.1 Å². The van der Waals surface area contributed by atoms with Gasteiger partial charge in [-0.1, -0.05) is 25.3 Å². The van der Waals surface area contributed by atoms with Gasteiger partial charge in [-0.25, -0.2) is 0 Å². The lowest BCUT2D eigenvalue weighted by atomic mass is 10.1. The quantitative estimate of drug-likeness (QED) is 0.180. The van der Waals surface area contributed by atoms with E-state index >= 15 is 0 Å². The molecule has 0 aromatic heterocycles. The predicted octanol–water partition coefficient (Wildman–Crippen LogP) is -5.31. The zero-order valence-electron chi connectivity index (χ0n) is 20.3. The maximum atomic E-state index is 6.24. The first kappa shape index (κ1) is 28.7. The van der Waals surface area contributed by atoms with Gasteiger partial charge in [-0.05, 0) is 41.8 Å². The second kappa shape index (κ2) is 12.2. The lowest BCUT2D eigenvalue weighted by molar-refractivity contribution is 0.346. The molecule has 0 amide bonds. The van der Waals surface area contributed by atoms with Crippen molar-refractivity contribution in [3.8, 4) is 54.8 Å². The Kier molecular flexibility index (Phi) is 10.9. The number of aryl methyl sites for hydroxylation is 1. The van der Waals surface area contributed by atoms with E-state index < -0.39 is 28.4 Å². The van der Waals surface area contributed by atoms with Crippen molar-refractivity contribution in [1.29, 1.82) is 0 Å².